The van der Waals surface area contributed by atoms with Crippen LogP contribution in [0.3, 0.4) is 0 Å². The molecule has 18 N–H and O–H groups in total. The molecule has 35 atom stereocenters. The molecule has 522 valence electrons. The van der Waals surface area contributed by atoms with Gasteiger partial charge in [-0.05, 0) is 106 Å². The van der Waals surface area contributed by atoms with E-state index in [1.807, 2.05) is 0 Å². The Labute approximate surface area is 525 Å². The van der Waals surface area contributed by atoms with Gasteiger partial charge in [0.25, 0.3) is 0 Å². The predicted molar refractivity (Wildman–Crippen MR) is 308 cm³/mol. The summed E-state index contributed by atoms with van der Waals surface area (Å²) in [6.45, 7) is 15.0. The molecule has 0 radical (unpaired) electrons. The highest BCUT2D eigenvalue weighted by Gasteiger charge is 2.70. The second kappa shape index (κ2) is 28.2. The topological polar surface area (TPSA) is 456 Å². The Morgan fingerprint density at radius 1 is 0.556 bits per heavy atom. The normalized spacial score (nSPS) is 51.3. The zero-order valence-corrected chi connectivity index (χ0v) is 53.1. The van der Waals surface area contributed by atoms with E-state index >= 15 is 0 Å². The Hall–Kier alpha value is -1.38. The van der Waals surface area contributed by atoms with E-state index in [-0.39, 0.29) is 54.0 Å². The fourth-order valence-corrected chi connectivity index (χ4v) is 17.4. The van der Waals surface area contributed by atoms with E-state index in [1.165, 1.54) is 13.8 Å². The molecule has 9 rings (SSSR count). The molecule has 5 saturated heterocycles. The van der Waals surface area contributed by atoms with Gasteiger partial charge in [0.1, 0.15) is 104 Å². The summed E-state index contributed by atoms with van der Waals surface area (Å²) in [6, 6.07) is 0. The van der Waals surface area contributed by atoms with Gasteiger partial charge in [-0.15, -0.1) is 0 Å². The van der Waals surface area contributed by atoms with E-state index in [9.17, 15) is 91.9 Å². The molecule has 0 aromatic carbocycles. The van der Waals surface area contributed by atoms with Crippen molar-refractivity contribution in [3.63, 3.8) is 0 Å². The largest absolute Gasteiger partial charge is 0.396 e. The average Bonchev–Trinajstić information content (AvgIpc) is 1.25. The van der Waals surface area contributed by atoms with Crippen LogP contribution >= 0.6 is 0 Å². The van der Waals surface area contributed by atoms with E-state index < -0.39 is 215 Å². The van der Waals surface area contributed by atoms with Crippen LogP contribution in [-0.2, 0) is 47.4 Å². The Morgan fingerprint density at radius 2 is 1.06 bits per heavy atom. The van der Waals surface area contributed by atoms with Crippen molar-refractivity contribution < 1.29 is 139 Å². The lowest BCUT2D eigenvalue weighted by Crippen LogP contribution is -2.65. The monoisotopic (exact) mass is 1300 g/mol. The molecule has 28 heteroatoms. The fraction of sp³-hybridized carbons (Fsp3) is 0.968. The van der Waals surface area contributed by atoms with Crippen LogP contribution in [0.4, 0.5) is 0 Å². The van der Waals surface area contributed by atoms with Crippen molar-refractivity contribution in [2.24, 2.45) is 51.2 Å². The van der Waals surface area contributed by atoms with Crippen molar-refractivity contribution in [2.75, 3.05) is 33.0 Å². The third-order valence-electron chi connectivity index (χ3n) is 23.4. The average molecular weight is 1300 g/mol. The van der Waals surface area contributed by atoms with Gasteiger partial charge in [0.2, 0.25) is 0 Å². The SMILES string of the molecule is C[C@H]1[C@H](OC[C@H]2O[C@@H](O[C@H]3CC[C@@H]4C(=CC[C@@H]5[C@@]4(C)[C@H](O)C[C@]4(C)[C@@H]([C@H](C)CC[C@@H](O[C@@H]6O[C@H](CO[C@@H]7O[C@H](CCO)[C@@H](O)[C@H](O)[C@H]7O)[C@@H](O)[C@H](O)[C@H]6O[C@@H]6O[C@H](CO)[C@@H](O)[C@H](O)[C@H]6O)C(C)(C)O)CC[C@@]54C)C3(C)C)[C@H](O)[C@@H](O)[C@@H]2O)O[C@@H](CO)[C@@H](O)[C@@H]1O. The summed E-state index contributed by atoms with van der Waals surface area (Å²) in [5.74, 6) is -0.680. The highest BCUT2D eigenvalue weighted by Crippen LogP contribution is 2.75. The lowest BCUT2D eigenvalue weighted by atomic mass is 9.38. The molecule has 3 saturated carbocycles. The fourth-order valence-electron chi connectivity index (χ4n) is 17.4. The number of hydrogen-bond donors (Lipinski definition) is 18. The molecule has 0 spiro atoms. The molecule has 90 heavy (non-hydrogen) atoms. The van der Waals surface area contributed by atoms with Gasteiger partial charge in [0, 0.05) is 23.4 Å². The third kappa shape index (κ3) is 13.3. The van der Waals surface area contributed by atoms with Crippen LogP contribution in [0.25, 0.3) is 0 Å². The molecule has 0 aromatic heterocycles. The van der Waals surface area contributed by atoms with E-state index in [2.05, 4.69) is 47.6 Å². The number of fused-ring (bicyclic) bond motifs is 5. The number of ether oxygens (including phenoxy) is 10. The molecule has 8 fully saturated rings. The Bertz CT molecular complexity index is 2360. The molecule has 0 aromatic rings. The second-order valence-corrected chi connectivity index (χ2v) is 29.4. The first kappa shape index (κ1) is 72.9. The third-order valence-corrected chi connectivity index (χ3v) is 23.4. The standard InChI is InChI=1S/C62H106O28/c1-25(10-14-38(59(5,6)80)89-57-52(90-56-51(79)46(74)42(70)32(22-65)85-56)48(76)44(72)34(87-57)24-82-54-49(77)45(73)40(68)30(83-54)17-19-63)27-16-18-60(7)35-13-11-28-29(62(35,9)36(66)20-61(27,60)8)12-15-37(58(28,3)4)88-55-50(78)47(75)43(71)33(86-55)23-81-53-26(2)39(67)41(69)31(21-64)84-53/h11,25-27,29-57,63-80H,10,12-24H2,1-9H3/t25-,26-,27-,29-,30-,31+,32-,33-,34-,35+,36-,37+,38-,39-,40-,41-,42-,43-,44-,45+,46+,47+,48+,49-,50-,51-,52-,53-,54-,55+,56+,57+,60+,61-,62+/m1/s1. The quantitative estimate of drug-likeness (QED) is 0.0491. The summed E-state index contributed by atoms with van der Waals surface area (Å²) in [4.78, 5) is 0. The van der Waals surface area contributed by atoms with Gasteiger partial charge in [0.05, 0.1) is 62.5 Å². The van der Waals surface area contributed by atoms with Crippen LogP contribution in [-0.4, -0.2) is 296 Å². The maximum absolute atomic E-state index is 12.9. The zero-order chi connectivity index (χ0) is 66.2. The van der Waals surface area contributed by atoms with Gasteiger partial charge < -0.3 is 139 Å². The maximum atomic E-state index is 12.9. The molecule has 4 aliphatic carbocycles. The lowest BCUT2D eigenvalue weighted by molar-refractivity contribution is -0.380. The van der Waals surface area contributed by atoms with Crippen molar-refractivity contribution in [3.8, 4) is 0 Å². The van der Waals surface area contributed by atoms with Gasteiger partial charge in [-0.1, -0.05) is 60.1 Å². The van der Waals surface area contributed by atoms with Crippen molar-refractivity contribution in [3.05, 3.63) is 11.6 Å². The van der Waals surface area contributed by atoms with Crippen molar-refractivity contribution in [1.82, 2.24) is 0 Å². The summed E-state index contributed by atoms with van der Waals surface area (Å²) in [6.07, 6.45) is -33.3. The molecule has 28 nitrogen and oxygen atoms in total. The maximum Gasteiger partial charge on any atom is 0.187 e. The van der Waals surface area contributed by atoms with E-state index in [1.54, 1.807) is 6.92 Å². The zero-order valence-electron chi connectivity index (χ0n) is 53.1. The lowest BCUT2D eigenvalue weighted by Gasteiger charge is -2.67. The number of rotatable bonds is 21. The minimum Gasteiger partial charge on any atom is -0.396 e. The number of allylic oxidation sites excluding steroid dienone is 1. The molecule has 0 bridgehead atoms. The summed E-state index contributed by atoms with van der Waals surface area (Å²) >= 11 is 0. The highest BCUT2D eigenvalue weighted by molar-refractivity contribution is 5.32. The number of hydrogen-bond acceptors (Lipinski definition) is 28. The van der Waals surface area contributed by atoms with Gasteiger partial charge >= 0.3 is 0 Å². The van der Waals surface area contributed by atoms with Crippen LogP contribution in [0.15, 0.2) is 11.6 Å². The minimum atomic E-state index is -1.95. The molecule has 5 heterocycles. The Kier molecular flexibility index (Phi) is 22.9. The summed E-state index contributed by atoms with van der Waals surface area (Å²) < 4.78 is 60.4. The van der Waals surface area contributed by atoms with Crippen molar-refractivity contribution in [1.29, 1.82) is 0 Å². The first-order valence-electron chi connectivity index (χ1n) is 32.4. The summed E-state index contributed by atoms with van der Waals surface area (Å²) in [7, 11) is 0. The van der Waals surface area contributed by atoms with Crippen LogP contribution in [0, 0.1) is 51.2 Å². The van der Waals surface area contributed by atoms with Gasteiger partial charge in [-0.3, -0.25) is 0 Å². The molecular formula is C62H106O28. The number of aliphatic hydroxyl groups excluding tert-OH is 17. The molecule has 9 aliphatic rings. The smallest absolute Gasteiger partial charge is 0.187 e. The Balaban J connectivity index is 0.884. The van der Waals surface area contributed by atoms with E-state index in [0.717, 1.165) is 18.4 Å². The van der Waals surface area contributed by atoms with Gasteiger partial charge in [0.15, 0.2) is 31.5 Å². The predicted octanol–water partition coefficient (Wildman–Crippen LogP) is -3.74. The van der Waals surface area contributed by atoms with Crippen LogP contribution in [0.2, 0.25) is 0 Å². The van der Waals surface area contributed by atoms with Gasteiger partial charge in [-0.2, -0.15) is 0 Å². The first-order chi connectivity index (χ1) is 42.1. The molecule has 5 aliphatic heterocycles. The van der Waals surface area contributed by atoms with Crippen LogP contribution < -0.4 is 0 Å². The van der Waals surface area contributed by atoms with Crippen LogP contribution in [0.5, 0.6) is 0 Å². The highest BCUT2D eigenvalue weighted by atomic mass is 16.8. The molecular weight excluding hydrogens is 1190 g/mol. The molecule has 0 unspecified atom stereocenters. The summed E-state index contributed by atoms with van der Waals surface area (Å²) in [5, 5.41) is 196. The van der Waals surface area contributed by atoms with Crippen LogP contribution in [0.1, 0.15) is 120 Å². The Morgan fingerprint density at radius 3 is 1.64 bits per heavy atom. The minimum absolute atomic E-state index is 0.0247. The van der Waals surface area contributed by atoms with E-state index in [4.69, 9.17) is 47.4 Å². The van der Waals surface area contributed by atoms with Crippen molar-refractivity contribution >= 4 is 0 Å². The van der Waals surface area contributed by atoms with Gasteiger partial charge in [-0.25, -0.2) is 0 Å². The summed E-state index contributed by atoms with van der Waals surface area (Å²) in [5.41, 5.74) is -2.36. The number of aliphatic hydroxyl groups is 18. The second-order valence-electron chi connectivity index (χ2n) is 29.4. The van der Waals surface area contributed by atoms with E-state index in [0.29, 0.717) is 32.1 Å². The first-order valence-corrected chi connectivity index (χ1v) is 32.4. The molecule has 0 amide bonds. The van der Waals surface area contributed by atoms with Crippen molar-refractivity contribution in [2.45, 2.75) is 291 Å².